The average molecular weight is 266 g/mol. The zero-order valence-electron chi connectivity index (χ0n) is 12.1. The van der Waals surface area contributed by atoms with Gasteiger partial charge in [-0.25, -0.2) is 0 Å². The summed E-state index contributed by atoms with van der Waals surface area (Å²) in [5.74, 6) is 0. The lowest BCUT2D eigenvalue weighted by atomic mass is 9.95. The highest BCUT2D eigenvalue weighted by molar-refractivity contribution is 5.22. The predicted molar refractivity (Wildman–Crippen MR) is 82.4 cm³/mol. The van der Waals surface area contributed by atoms with Crippen molar-refractivity contribution < 1.29 is 0 Å². The molecule has 1 aliphatic heterocycles. The Kier molecular flexibility index (Phi) is 4.12. The Bertz CT molecular complexity index is 550. The Morgan fingerprint density at radius 1 is 1.15 bits per heavy atom. The molecule has 0 spiro atoms. The fourth-order valence-electron chi connectivity index (χ4n) is 3.14. The van der Waals surface area contributed by atoms with Gasteiger partial charge >= 0.3 is 0 Å². The quantitative estimate of drug-likeness (QED) is 0.831. The number of nitrogens with zero attached hydrogens (tertiary/aromatic N) is 2. The molecule has 0 aliphatic carbocycles. The molecule has 0 saturated carbocycles. The third-order valence-corrected chi connectivity index (χ3v) is 4.12. The van der Waals surface area contributed by atoms with Crippen LogP contribution in [0.5, 0.6) is 0 Å². The smallest absolute Gasteiger partial charge is 0.0367 e. The molecule has 0 radical (unpaired) electrons. The van der Waals surface area contributed by atoms with Crippen molar-refractivity contribution in [3.8, 4) is 0 Å². The van der Waals surface area contributed by atoms with Gasteiger partial charge in [0.05, 0.1) is 0 Å². The molecule has 2 aromatic rings. The van der Waals surface area contributed by atoms with Crippen molar-refractivity contribution >= 4 is 0 Å². The maximum absolute atomic E-state index is 4.37. The van der Waals surface area contributed by atoms with Crippen molar-refractivity contribution in [1.82, 2.24) is 9.88 Å². The van der Waals surface area contributed by atoms with Gasteiger partial charge < -0.3 is 0 Å². The maximum Gasteiger partial charge on any atom is 0.0367 e. The van der Waals surface area contributed by atoms with Crippen LogP contribution in [0.4, 0.5) is 0 Å². The molecule has 2 heterocycles. The second-order valence-corrected chi connectivity index (χ2v) is 5.76. The highest BCUT2D eigenvalue weighted by Crippen LogP contribution is 2.32. The SMILES string of the molecule is Cc1cncc(C2CCCCN2Cc2ccccc2)c1. The number of aryl methyl sites for hydroxylation is 1. The Morgan fingerprint density at radius 3 is 2.80 bits per heavy atom. The molecular formula is C18H22N2. The normalized spacial score (nSPS) is 19.9. The van der Waals surface area contributed by atoms with Crippen LogP contribution in [0.3, 0.4) is 0 Å². The van der Waals surface area contributed by atoms with Crippen LogP contribution in [-0.2, 0) is 6.54 Å². The van der Waals surface area contributed by atoms with E-state index in [2.05, 4.69) is 53.2 Å². The molecule has 1 aromatic heterocycles. The molecule has 20 heavy (non-hydrogen) atoms. The summed E-state index contributed by atoms with van der Waals surface area (Å²) in [4.78, 5) is 6.98. The second kappa shape index (κ2) is 6.19. The molecule has 1 aliphatic rings. The molecule has 3 rings (SSSR count). The molecule has 0 bridgehead atoms. The zero-order valence-corrected chi connectivity index (χ0v) is 12.1. The lowest BCUT2D eigenvalue weighted by molar-refractivity contribution is 0.140. The summed E-state index contributed by atoms with van der Waals surface area (Å²) in [5.41, 5.74) is 4.04. The van der Waals surface area contributed by atoms with E-state index in [1.54, 1.807) is 0 Å². The van der Waals surface area contributed by atoms with Crippen molar-refractivity contribution in [1.29, 1.82) is 0 Å². The molecule has 1 atom stereocenters. The molecule has 2 heteroatoms. The van der Waals surface area contributed by atoms with Gasteiger partial charge in [0, 0.05) is 25.0 Å². The number of aromatic nitrogens is 1. The third-order valence-electron chi connectivity index (χ3n) is 4.12. The first-order valence-electron chi connectivity index (χ1n) is 7.52. The third kappa shape index (κ3) is 3.07. The Balaban J connectivity index is 1.80. The molecule has 1 unspecified atom stereocenters. The summed E-state index contributed by atoms with van der Waals surface area (Å²) >= 11 is 0. The van der Waals surface area contributed by atoms with Crippen LogP contribution in [-0.4, -0.2) is 16.4 Å². The first kappa shape index (κ1) is 13.3. The van der Waals surface area contributed by atoms with E-state index in [-0.39, 0.29) is 0 Å². The van der Waals surface area contributed by atoms with Crippen molar-refractivity contribution in [3.63, 3.8) is 0 Å². The minimum atomic E-state index is 0.524. The topological polar surface area (TPSA) is 16.1 Å². The van der Waals surface area contributed by atoms with E-state index in [4.69, 9.17) is 0 Å². The van der Waals surface area contributed by atoms with Crippen molar-refractivity contribution in [2.24, 2.45) is 0 Å². The van der Waals surface area contributed by atoms with E-state index in [1.807, 2.05) is 12.4 Å². The average Bonchev–Trinajstić information content (AvgIpc) is 2.49. The molecule has 1 aromatic carbocycles. The fraction of sp³-hybridized carbons (Fsp3) is 0.389. The Morgan fingerprint density at radius 2 is 2.00 bits per heavy atom. The van der Waals surface area contributed by atoms with Crippen LogP contribution in [0.25, 0.3) is 0 Å². The zero-order chi connectivity index (χ0) is 13.8. The predicted octanol–water partition coefficient (Wildman–Crippen LogP) is 4.12. The van der Waals surface area contributed by atoms with Gasteiger partial charge in [-0.05, 0) is 43.0 Å². The Labute approximate surface area is 121 Å². The van der Waals surface area contributed by atoms with Gasteiger partial charge in [-0.3, -0.25) is 9.88 Å². The van der Waals surface area contributed by atoms with E-state index >= 15 is 0 Å². The van der Waals surface area contributed by atoms with E-state index < -0.39 is 0 Å². The van der Waals surface area contributed by atoms with E-state index in [0.717, 1.165) is 6.54 Å². The Hall–Kier alpha value is -1.67. The van der Waals surface area contributed by atoms with Crippen LogP contribution in [0, 0.1) is 6.92 Å². The van der Waals surface area contributed by atoms with Gasteiger partial charge in [-0.1, -0.05) is 42.8 Å². The van der Waals surface area contributed by atoms with Crippen molar-refractivity contribution in [2.45, 2.75) is 38.8 Å². The molecule has 0 N–H and O–H groups in total. The number of likely N-dealkylation sites (tertiary alicyclic amines) is 1. The highest BCUT2D eigenvalue weighted by Gasteiger charge is 2.24. The molecule has 1 fully saturated rings. The van der Waals surface area contributed by atoms with Gasteiger partial charge in [0.15, 0.2) is 0 Å². The lowest BCUT2D eigenvalue weighted by Gasteiger charge is -2.36. The number of piperidine rings is 1. The van der Waals surface area contributed by atoms with E-state index in [9.17, 15) is 0 Å². The largest absolute Gasteiger partial charge is 0.292 e. The minimum Gasteiger partial charge on any atom is -0.292 e. The standard InChI is InChI=1S/C18H22N2/c1-15-11-17(13-19-12-15)18-9-5-6-10-20(18)14-16-7-3-2-4-8-16/h2-4,7-8,11-13,18H,5-6,9-10,14H2,1H3. The molecule has 2 nitrogen and oxygen atoms in total. The second-order valence-electron chi connectivity index (χ2n) is 5.76. The number of pyridine rings is 1. The number of benzene rings is 1. The van der Waals surface area contributed by atoms with Crippen LogP contribution >= 0.6 is 0 Å². The molecule has 0 amide bonds. The van der Waals surface area contributed by atoms with Gasteiger partial charge in [-0.15, -0.1) is 0 Å². The van der Waals surface area contributed by atoms with Gasteiger partial charge in [0.25, 0.3) is 0 Å². The van der Waals surface area contributed by atoms with Gasteiger partial charge in [0.2, 0.25) is 0 Å². The van der Waals surface area contributed by atoms with Crippen LogP contribution < -0.4 is 0 Å². The minimum absolute atomic E-state index is 0.524. The lowest BCUT2D eigenvalue weighted by Crippen LogP contribution is -2.33. The summed E-state index contributed by atoms with van der Waals surface area (Å²) in [7, 11) is 0. The molecular weight excluding hydrogens is 244 g/mol. The van der Waals surface area contributed by atoms with Crippen molar-refractivity contribution in [2.75, 3.05) is 6.54 Å². The van der Waals surface area contributed by atoms with E-state index in [0.29, 0.717) is 6.04 Å². The van der Waals surface area contributed by atoms with Gasteiger partial charge in [-0.2, -0.15) is 0 Å². The first-order chi connectivity index (χ1) is 9.83. The van der Waals surface area contributed by atoms with Gasteiger partial charge in [0.1, 0.15) is 0 Å². The van der Waals surface area contributed by atoms with Crippen LogP contribution in [0.15, 0.2) is 48.8 Å². The first-order valence-corrected chi connectivity index (χ1v) is 7.52. The summed E-state index contributed by atoms with van der Waals surface area (Å²) in [6, 6.07) is 13.6. The molecule has 1 saturated heterocycles. The maximum atomic E-state index is 4.37. The summed E-state index contributed by atoms with van der Waals surface area (Å²) in [6.07, 6.45) is 7.86. The van der Waals surface area contributed by atoms with Crippen LogP contribution in [0.1, 0.15) is 42.0 Å². The number of rotatable bonds is 3. The highest BCUT2D eigenvalue weighted by atomic mass is 15.2. The summed E-state index contributed by atoms with van der Waals surface area (Å²) < 4.78 is 0. The summed E-state index contributed by atoms with van der Waals surface area (Å²) in [6.45, 7) is 4.35. The molecule has 104 valence electrons. The van der Waals surface area contributed by atoms with Crippen LogP contribution in [0.2, 0.25) is 0 Å². The fourth-order valence-corrected chi connectivity index (χ4v) is 3.14. The number of hydrogen-bond acceptors (Lipinski definition) is 2. The summed E-state index contributed by atoms with van der Waals surface area (Å²) in [5, 5.41) is 0. The number of hydrogen-bond donors (Lipinski definition) is 0. The van der Waals surface area contributed by atoms with Crippen molar-refractivity contribution in [3.05, 3.63) is 65.5 Å². The monoisotopic (exact) mass is 266 g/mol. The van der Waals surface area contributed by atoms with E-state index in [1.165, 1.54) is 42.5 Å².